The van der Waals surface area contributed by atoms with Crippen LogP contribution in [0.4, 0.5) is 0 Å². The van der Waals surface area contributed by atoms with Crippen molar-refractivity contribution in [2.75, 3.05) is 0 Å². The van der Waals surface area contributed by atoms with Crippen LogP contribution in [0, 0.1) is 94.7 Å². The number of alkyl halides is 4. The third-order valence-corrected chi connectivity index (χ3v) is 20.0. The molecule has 8 saturated carbocycles. The van der Waals surface area contributed by atoms with Crippen LogP contribution in [0.25, 0.3) is 0 Å². The SMILES string of the molecule is O=C([O-])C1C2CC3C(OC(=O)C31)C2Br.O=C([O-])C1C2CC3C(OC(=O)C31)C2Br.O=C([O-])C1C2CC3C(OC(=O)C31)C2Br.O=C([O-])C1C2CC3C(OC(=O)C31)C2Br.[Zr+4]. The molecule has 24 atom stereocenters. The number of carboxylic acid groups (broad SMARTS) is 4. The molecule has 0 aromatic carbocycles. The standard InChI is InChI=1S/4C9H9BrO4.Zr/c4*10-6-2-1-3-5(4(2)8(11)12)9(13)14-7(3)6;/h4*2-7H,1H2,(H,11,12);/q;;;;+4/p-4. The molecular weight excluding hydrogens is 1100 g/mol. The van der Waals surface area contributed by atoms with Gasteiger partial charge in [-0.1, -0.05) is 63.7 Å². The van der Waals surface area contributed by atoms with Crippen molar-refractivity contribution in [1.29, 1.82) is 0 Å². The molecule has 8 aliphatic carbocycles. The first kappa shape index (κ1) is 42.3. The summed E-state index contributed by atoms with van der Waals surface area (Å²) in [4.78, 5) is 89.4. The van der Waals surface area contributed by atoms with Gasteiger partial charge in [-0.2, -0.15) is 0 Å². The first-order valence-corrected chi connectivity index (χ1v) is 22.3. The summed E-state index contributed by atoms with van der Waals surface area (Å²) in [6.45, 7) is 0. The predicted octanol–water partition coefficient (Wildman–Crippen LogP) is -2.77. The summed E-state index contributed by atoms with van der Waals surface area (Å²) in [6.07, 6.45) is 2.68. The van der Waals surface area contributed by atoms with Crippen LogP contribution >= 0.6 is 63.7 Å². The van der Waals surface area contributed by atoms with E-state index in [1.54, 1.807) is 0 Å². The summed E-state index contributed by atoms with van der Waals surface area (Å²) in [6, 6.07) is 0. The third kappa shape index (κ3) is 6.00. The minimum Gasteiger partial charge on any atom is -0.550 e. The second-order valence-electron chi connectivity index (χ2n) is 17.1. The molecule has 0 N–H and O–H groups in total. The van der Waals surface area contributed by atoms with Crippen molar-refractivity contribution in [2.24, 2.45) is 94.7 Å². The number of rotatable bonds is 4. The minimum absolute atomic E-state index is 0. The maximum atomic E-state index is 11.4. The third-order valence-electron chi connectivity index (χ3n) is 15.2. The van der Waals surface area contributed by atoms with E-state index in [1.807, 2.05) is 0 Å². The summed E-state index contributed by atoms with van der Waals surface area (Å²) in [5.74, 6) is -9.75. The van der Waals surface area contributed by atoms with Crippen LogP contribution in [-0.4, -0.2) is 91.5 Å². The fourth-order valence-electron chi connectivity index (χ4n) is 13.2. The molecule has 0 aromatic rings. The fourth-order valence-corrected chi connectivity index (χ4v) is 17.4. The Bertz CT molecular complexity index is 1580. The number of carbonyl (C=O) groups is 8. The Balaban J connectivity index is 0.000000106. The molecule has 24 unspecified atom stereocenters. The Morgan fingerprint density at radius 1 is 0.386 bits per heavy atom. The summed E-state index contributed by atoms with van der Waals surface area (Å²) in [7, 11) is 0. The molecule has 0 aromatic heterocycles. The van der Waals surface area contributed by atoms with Gasteiger partial charge >= 0.3 is 50.1 Å². The van der Waals surface area contributed by atoms with E-state index in [0.717, 1.165) is 25.7 Å². The quantitative estimate of drug-likeness (QED) is 0.157. The Kier molecular flexibility index (Phi) is 11.0. The van der Waals surface area contributed by atoms with Gasteiger partial charge in [0.1, 0.15) is 24.4 Å². The van der Waals surface area contributed by atoms with Crippen molar-refractivity contribution in [3.8, 4) is 0 Å². The van der Waals surface area contributed by atoms with Crippen molar-refractivity contribution >= 4 is 111 Å². The average molecular weight is 1130 g/mol. The van der Waals surface area contributed by atoms with Gasteiger partial charge in [0.05, 0.1) is 43.0 Å². The molecule has 57 heavy (non-hydrogen) atoms. The maximum Gasteiger partial charge on any atom is 4.00 e. The van der Waals surface area contributed by atoms with Gasteiger partial charge in [0.2, 0.25) is 0 Å². The number of carbonyl (C=O) groups excluding carboxylic acids is 8. The van der Waals surface area contributed by atoms with Crippen molar-refractivity contribution in [1.82, 2.24) is 0 Å². The summed E-state index contributed by atoms with van der Waals surface area (Å²) in [5.41, 5.74) is 0. The summed E-state index contributed by atoms with van der Waals surface area (Å²) in [5, 5.41) is 43.7. The van der Waals surface area contributed by atoms with Gasteiger partial charge in [-0.05, 0) is 49.4 Å². The molecule has 304 valence electrons. The minimum atomic E-state index is -1.11. The van der Waals surface area contributed by atoms with Gasteiger partial charge in [-0.15, -0.1) is 0 Å². The fraction of sp³-hybridized carbons (Fsp3) is 0.778. The van der Waals surface area contributed by atoms with Gasteiger partial charge in [0.25, 0.3) is 0 Å². The van der Waals surface area contributed by atoms with E-state index in [9.17, 15) is 58.8 Å². The van der Waals surface area contributed by atoms with E-state index < -0.39 is 71.2 Å². The van der Waals surface area contributed by atoms with Crippen molar-refractivity contribution in [3.63, 3.8) is 0 Å². The Morgan fingerprint density at radius 2 is 0.561 bits per heavy atom. The Labute approximate surface area is 376 Å². The van der Waals surface area contributed by atoms with Crippen molar-refractivity contribution in [2.45, 2.75) is 69.4 Å². The molecule has 0 radical (unpaired) electrons. The zero-order valence-electron chi connectivity index (χ0n) is 29.2. The van der Waals surface area contributed by atoms with Crippen LogP contribution in [-0.2, 0) is 83.5 Å². The molecule has 12 aliphatic rings. The molecule has 4 heterocycles. The Morgan fingerprint density at radius 3 is 0.719 bits per heavy atom. The second kappa shape index (κ2) is 14.9. The largest absolute Gasteiger partial charge is 4.00 e. The van der Waals surface area contributed by atoms with Crippen LogP contribution in [0.1, 0.15) is 25.7 Å². The molecule has 0 amide bonds. The van der Waals surface area contributed by atoms with Gasteiger partial charge in [0.15, 0.2) is 0 Å². The monoisotopic (exact) mass is 1130 g/mol. The summed E-state index contributed by atoms with van der Waals surface area (Å²) < 4.78 is 20.6. The molecular formula is C36H32Br4O16Zr. The van der Waals surface area contributed by atoms with Crippen molar-refractivity contribution < 1.29 is 104 Å². The van der Waals surface area contributed by atoms with E-state index in [4.69, 9.17) is 18.9 Å². The topological polar surface area (TPSA) is 266 Å². The van der Waals surface area contributed by atoms with E-state index in [1.165, 1.54) is 0 Å². The first-order valence-electron chi connectivity index (χ1n) is 18.7. The first-order chi connectivity index (χ1) is 26.4. The molecule has 21 heteroatoms. The van der Waals surface area contributed by atoms with Crippen LogP contribution in [0.15, 0.2) is 0 Å². The zero-order valence-corrected chi connectivity index (χ0v) is 38.0. The molecule has 8 bridgehead atoms. The van der Waals surface area contributed by atoms with Crippen molar-refractivity contribution in [3.05, 3.63) is 0 Å². The van der Waals surface area contributed by atoms with E-state index in [0.29, 0.717) is 0 Å². The second-order valence-corrected chi connectivity index (χ2v) is 21.3. The number of ether oxygens (including phenoxy) is 4. The smallest absolute Gasteiger partial charge is 0.550 e. The normalized spacial score (nSPS) is 52.7. The summed E-state index contributed by atoms with van der Waals surface area (Å²) >= 11 is 13.7. The molecule has 4 aliphatic heterocycles. The van der Waals surface area contributed by atoms with Crippen LogP contribution in [0.5, 0.6) is 0 Å². The maximum absolute atomic E-state index is 11.4. The molecule has 12 rings (SSSR count). The van der Waals surface area contributed by atoms with E-state index in [-0.39, 0.29) is 141 Å². The van der Waals surface area contributed by atoms with E-state index in [2.05, 4.69) is 63.7 Å². The average Bonchev–Trinajstić information content (AvgIpc) is 3.98. The van der Waals surface area contributed by atoms with Crippen LogP contribution in [0.3, 0.4) is 0 Å². The number of aliphatic carboxylic acids is 4. The van der Waals surface area contributed by atoms with Crippen LogP contribution in [0.2, 0.25) is 0 Å². The Hall–Kier alpha value is -1.44. The molecule has 12 fully saturated rings. The van der Waals surface area contributed by atoms with Crippen LogP contribution < -0.4 is 20.4 Å². The predicted molar refractivity (Wildman–Crippen MR) is 185 cm³/mol. The zero-order chi connectivity index (χ0) is 40.1. The van der Waals surface area contributed by atoms with Gasteiger partial charge < -0.3 is 58.6 Å². The molecule has 0 spiro atoms. The molecule has 4 saturated heterocycles. The number of halogens is 4. The van der Waals surface area contributed by atoms with Gasteiger partial charge in [-0.25, -0.2) is 0 Å². The number of carboxylic acids is 4. The number of hydrogen-bond acceptors (Lipinski definition) is 16. The number of hydrogen-bond donors (Lipinski definition) is 0. The molecule has 16 nitrogen and oxygen atoms in total. The van der Waals surface area contributed by atoms with Gasteiger partial charge in [0, 0.05) is 71.2 Å². The van der Waals surface area contributed by atoms with E-state index >= 15 is 0 Å². The van der Waals surface area contributed by atoms with Gasteiger partial charge in [-0.3, -0.25) is 19.2 Å². The number of esters is 4. The number of fused-ring (bicyclic) bond motifs is 4.